The zero-order valence-corrected chi connectivity index (χ0v) is 12.2. The summed E-state index contributed by atoms with van der Waals surface area (Å²) in [7, 11) is 0. The highest BCUT2D eigenvalue weighted by atomic mass is 16.3. The topological polar surface area (TPSA) is 40.5 Å². The van der Waals surface area contributed by atoms with Gasteiger partial charge < -0.3 is 10.2 Å². The molecule has 3 rings (SSSR count). The molecule has 0 aliphatic heterocycles. The Hall–Kier alpha value is -2.58. The van der Waals surface area contributed by atoms with E-state index in [9.17, 15) is 5.11 Å². The molecule has 0 aromatic heterocycles. The summed E-state index contributed by atoms with van der Waals surface area (Å²) in [6.07, 6.45) is 0.688. The van der Waals surface area contributed by atoms with Crippen LogP contribution in [0.4, 0.5) is 0 Å². The maximum atomic E-state index is 9.39. The third-order valence-electron chi connectivity index (χ3n) is 3.75. The number of phenolic OH excluding ortho intramolecular Hbond substituents is 1. The summed E-state index contributed by atoms with van der Waals surface area (Å²) in [4.78, 5) is 0. The fourth-order valence-electron chi connectivity index (χ4n) is 2.53. The van der Waals surface area contributed by atoms with Gasteiger partial charge in [-0.2, -0.15) is 0 Å². The molecule has 0 fully saturated rings. The molecule has 0 aliphatic carbocycles. The third kappa shape index (κ3) is 3.18. The zero-order chi connectivity index (χ0) is 15.4. The van der Waals surface area contributed by atoms with Crippen LogP contribution in [-0.2, 0) is 6.42 Å². The summed E-state index contributed by atoms with van der Waals surface area (Å²) in [5.74, 6) is 0.277. The molecule has 3 aromatic carbocycles. The number of benzene rings is 3. The normalized spacial score (nSPS) is 10.6. The number of aliphatic hydroxyl groups excluding tert-OH is 1. The first kappa shape index (κ1) is 14.4. The van der Waals surface area contributed by atoms with Crippen molar-refractivity contribution in [3.05, 3.63) is 78.4 Å². The maximum Gasteiger partial charge on any atom is 0.115 e. The van der Waals surface area contributed by atoms with Crippen LogP contribution < -0.4 is 0 Å². The van der Waals surface area contributed by atoms with Gasteiger partial charge in [-0.05, 0) is 52.4 Å². The summed E-state index contributed by atoms with van der Waals surface area (Å²) in [6, 6.07) is 23.8. The number of aliphatic hydroxyl groups is 1. The second kappa shape index (κ2) is 6.46. The minimum Gasteiger partial charge on any atom is -0.508 e. The Morgan fingerprint density at radius 1 is 0.636 bits per heavy atom. The van der Waals surface area contributed by atoms with E-state index in [0.29, 0.717) is 6.42 Å². The Morgan fingerprint density at radius 3 is 1.73 bits per heavy atom. The lowest BCUT2D eigenvalue weighted by molar-refractivity contribution is 0.299. The molecule has 22 heavy (non-hydrogen) atoms. The van der Waals surface area contributed by atoms with Gasteiger partial charge in [-0.1, -0.05) is 54.6 Å². The van der Waals surface area contributed by atoms with Crippen LogP contribution in [0.3, 0.4) is 0 Å². The van der Waals surface area contributed by atoms with Crippen LogP contribution in [0.15, 0.2) is 72.8 Å². The third-order valence-corrected chi connectivity index (χ3v) is 3.75. The number of hydrogen-bond donors (Lipinski definition) is 2. The number of aromatic hydroxyl groups is 1. The summed E-state index contributed by atoms with van der Waals surface area (Å²) >= 11 is 0. The van der Waals surface area contributed by atoms with Gasteiger partial charge >= 0.3 is 0 Å². The predicted molar refractivity (Wildman–Crippen MR) is 89.8 cm³/mol. The molecule has 2 heteroatoms. The lowest BCUT2D eigenvalue weighted by atomic mass is 9.98. The number of phenols is 1. The summed E-state index contributed by atoms with van der Waals surface area (Å²) < 4.78 is 0. The van der Waals surface area contributed by atoms with Crippen LogP contribution in [0.1, 0.15) is 5.56 Å². The molecule has 3 aromatic rings. The van der Waals surface area contributed by atoms with Gasteiger partial charge in [-0.15, -0.1) is 0 Å². The second-order valence-electron chi connectivity index (χ2n) is 5.30. The van der Waals surface area contributed by atoms with Crippen molar-refractivity contribution in [1.29, 1.82) is 0 Å². The maximum absolute atomic E-state index is 9.39. The minimum atomic E-state index is 0.176. The fourth-order valence-corrected chi connectivity index (χ4v) is 2.53. The first-order chi connectivity index (χ1) is 10.8. The highest BCUT2D eigenvalue weighted by Gasteiger charge is 2.02. The fraction of sp³-hybridized carbons (Fsp3) is 0.100. The predicted octanol–water partition coefficient (Wildman–Crippen LogP) is 4.26. The molecule has 0 spiro atoms. The summed E-state index contributed by atoms with van der Waals surface area (Å²) in [5, 5.41) is 18.4. The molecule has 0 amide bonds. The van der Waals surface area contributed by atoms with Crippen molar-refractivity contribution in [2.24, 2.45) is 0 Å². The van der Waals surface area contributed by atoms with E-state index in [2.05, 4.69) is 42.5 Å². The monoisotopic (exact) mass is 290 g/mol. The Bertz CT molecular complexity index is 743. The van der Waals surface area contributed by atoms with Crippen LogP contribution in [-0.4, -0.2) is 16.8 Å². The van der Waals surface area contributed by atoms with E-state index >= 15 is 0 Å². The van der Waals surface area contributed by atoms with Gasteiger partial charge in [-0.25, -0.2) is 0 Å². The van der Waals surface area contributed by atoms with Crippen molar-refractivity contribution >= 4 is 0 Å². The molecule has 110 valence electrons. The average molecular weight is 290 g/mol. The molecule has 0 aliphatic rings. The lowest BCUT2D eigenvalue weighted by Gasteiger charge is -2.07. The quantitative estimate of drug-likeness (QED) is 0.753. The zero-order valence-electron chi connectivity index (χ0n) is 12.2. The Kier molecular flexibility index (Phi) is 4.22. The highest BCUT2D eigenvalue weighted by Crippen LogP contribution is 2.27. The standard InChI is InChI=1S/C20H18O2/c21-13-12-15-4-6-16(7-5-15)18-2-1-3-19(14-18)17-8-10-20(22)11-9-17/h1-11,14,21-22H,12-13H2. The largest absolute Gasteiger partial charge is 0.508 e. The molecular formula is C20H18O2. The molecule has 0 unspecified atom stereocenters. The smallest absolute Gasteiger partial charge is 0.115 e. The van der Waals surface area contributed by atoms with Gasteiger partial charge in [0.15, 0.2) is 0 Å². The van der Waals surface area contributed by atoms with Gasteiger partial charge in [0, 0.05) is 6.61 Å². The first-order valence-corrected chi connectivity index (χ1v) is 7.36. The van der Waals surface area contributed by atoms with Crippen LogP contribution in [0.5, 0.6) is 5.75 Å². The average Bonchev–Trinajstić information content (AvgIpc) is 2.57. The van der Waals surface area contributed by atoms with Crippen LogP contribution >= 0.6 is 0 Å². The molecule has 0 radical (unpaired) electrons. The Balaban J connectivity index is 1.92. The molecule has 2 nitrogen and oxygen atoms in total. The van der Waals surface area contributed by atoms with Crippen molar-refractivity contribution < 1.29 is 10.2 Å². The molecule has 0 bridgehead atoms. The van der Waals surface area contributed by atoms with Crippen molar-refractivity contribution in [3.8, 4) is 28.0 Å². The van der Waals surface area contributed by atoms with E-state index in [4.69, 9.17) is 5.11 Å². The van der Waals surface area contributed by atoms with E-state index in [-0.39, 0.29) is 12.4 Å². The van der Waals surface area contributed by atoms with Crippen LogP contribution in [0.25, 0.3) is 22.3 Å². The van der Waals surface area contributed by atoms with Gasteiger partial charge in [0.25, 0.3) is 0 Å². The van der Waals surface area contributed by atoms with Crippen molar-refractivity contribution in [3.63, 3.8) is 0 Å². The first-order valence-electron chi connectivity index (χ1n) is 7.36. The SMILES string of the molecule is OCCc1ccc(-c2cccc(-c3ccc(O)cc3)c2)cc1. The van der Waals surface area contributed by atoms with E-state index in [0.717, 1.165) is 27.8 Å². The minimum absolute atomic E-state index is 0.176. The van der Waals surface area contributed by atoms with Crippen LogP contribution in [0, 0.1) is 0 Å². The van der Waals surface area contributed by atoms with E-state index in [1.54, 1.807) is 12.1 Å². The molecular weight excluding hydrogens is 272 g/mol. The summed E-state index contributed by atoms with van der Waals surface area (Å²) in [6.45, 7) is 0.176. The van der Waals surface area contributed by atoms with E-state index < -0.39 is 0 Å². The van der Waals surface area contributed by atoms with Crippen LogP contribution in [0.2, 0.25) is 0 Å². The van der Waals surface area contributed by atoms with Gasteiger partial charge in [0.1, 0.15) is 5.75 Å². The lowest BCUT2D eigenvalue weighted by Crippen LogP contribution is -1.90. The second-order valence-corrected chi connectivity index (χ2v) is 5.30. The summed E-state index contributed by atoms with van der Waals surface area (Å²) in [5.41, 5.74) is 5.65. The molecule has 0 saturated carbocycles. The Labute approximate surface area is 130 Å². The van der Waals surface area contributed by atoms with Gasteiger partial charge in [0.2, 0.25) is 0 Å². The molecule has 2 N–H and O–H groups in total. The Morgan fingerprint density at radius 2 is 1.18 bits per heavy atom. The molecule has 0 heterocycles. The molecule has 0 atom stereocenters. The van der Waals surface area contributed by atoms with Gasteiger partial charge in [0.05, 0.1) is 0 Å². The van der Waals surface area contributed by atoms with E-state index in [1.165, 1.54) is 0 Å². The van der Waals surface area contributed by atoms with Crippen molar-refractivity contribution in [1.82, 2.24) is 0 Å². The van der Waals surface area contributed by atoms with Gasteiger partial charge in [-0.3, -0.25) is 0 Å². The van der Waals surface area contributed by atoms with Crippen molar-refractivity contribution in [2.75, 3.05) is 6.61 Å². The number of rotatable bonds is 4. The van der Waals surface area contributed by atoms with E-state index in [1.807, 2.05) is 18.2 Å². The van der Waals surface area contributed by atoms with Crippen molar-refractivity contribution in [2.45, 2.75) is 6.42 Å². The number of hydrogen-bond acceptors (Lipinski definition) is 2. The molecule has 0 saturated heterocycles. The highest BCUT2D eigenvalue weighted by molar-refractivity contribution is 5.73.